The molecule has 0 unspecified atom stereocenters. The van der Waals surface area contributed by atoms with Gasteiger partial charge in [0.25, 0.3) is 0 Å². The maximum absolute atomic E-state index is 10.3. The van der Waals surface area contributed by atoms with Crippen molar-refractivity contribution in [1.29, 1.82) is 0 Å². The molecule has 2 heteroatoms. The number of hydrogen-bond acceptors (Lipinski definition) is 1. The molecule has 84 valence electrons. The first-order chi connectivity index (χ1) is 7.58. The number of benzene rings is 1. The molecule has 16 heavy (non-hydrogen) atoms. The fraction of sp³-hybridized carbons (Fsp3) is 0.357. The maximum Gasteiger partial charge on any atom is 0.315 e. The van der Waals surface area contributed by atoms with Gasteiger partial charge in [-0.15, -0.1) is 0 Å². The molecule has 0 saturated heterocycles. The molecule has 0 radical (unpaired) electrons. The lowest BCUT2D eigenvalue weighted by Crippen LogP contribution is -1.93. The second-order valence-corrected chi connectivity index (χ2v) is 4.17. The van der Waals surface area contributed by atoms with Crippen molar-refractivity contribution in [2.75, 3.05) is 0 Å². The first-order valence-electron chi connectivity index (χ1n) is 5.37. The molecule has 0 aliphatic rings. The first kappa shape index (κ1) is 12.3. The lowest BCUT2D eigenvalue weighted by molar-refractivity contribution is -0.135. The van der Waals surface area contributed by atoms with Gasteiger partial charge in [-0.1, -0.05) is 37.8 Å². The van der Waals surface area contributed by atoms with E-state index in [9.17, 15) is 4.79 Å². The standard InChI is InChI=1S/C14H16O2/c1-11(2)10-13-8-6-12(7-9-13)4-3-5-14(15)16/h6-9,11H,5,10H2,1-2H3,(H,15,16). The van der Waals surface area contributed by atoms with Crippen molar-refractivity contribution in [3.05, 3.63) is 35.4 Å². The molecule has 0 bridgehead atoms. The van der Waals surface area contributed by atoms with E-state index < -0.39 is 5.97 Å². The van der Waals surface area contributed by atoms with Crippen LogP contribution in [0.25, 0.3) is 0 Å². The Morgan fingerprint density at radius 2 is 1.94 bits per heavy atom. The van der Waals surface area contributed by atoms with E-state index in [0.29, 0.717) is 5.92 Å². The third-order valence-electron chi connectivity index (χ3n) is 2.07. The van der Waals surface area contributed by atoms with E-state index in [1.807, 2.05) is 24.3 Å². The molecule has 0 heterocycles. The number of carboxylic acid groups (broad SMARTS) is 1. The molecule has 1 N–H and O–H groups in total. The van der Waals surface area contributed by atoms with Gasteiger partial charge in [0, 0.05) is 5.56 Å². The number of aliphatic carboxylic acids is 1. The van der Waals surface area contributed by atoms with E-state index >= 15 is 0 Å². The Kier molecular flexibility index (Phi) is 4.60. The molecule has 1 rings (SSSR count). The Labute approximate surface area is 96.3 Å². The monoisotopic (exact) mass is 216 g/mol. The van der Waals surface area contributed by atoms with Crippen LogP contribution in [0.15, 0.2) is 24.3 Å². The number of hydrogen-bond donors (Lipinski definition) is 1. The molecular weight excluding hydrogens is 200 g/mol. The summed E-state index contributed by atoms with van der Waals surface area (Å²) in [7, 11) is 0. The lowest BCUT2D eigenvalue weighted by Gasteiger charge is -2.03. The lowest BCUT2D eigenvalue weighted by atomic mass is 10.0. The minimum atomic E-state index is -0.885. The van der Waals surface area contributed by atoms with Crippen LogP contribution in [0.4, 0.5) is 0 Å². The zero-order valence-corrected chi connectivity index (χ0v) is 9.66. The van der Waals surface area contributed by atoms with E-state index in [2.05, 4.69) is 25.7 Å². The van der Waals surface area contributed by atoms with Gasteiger partial charge in [0.15, 0.2) is 0 Å². The fourth-order valence-electron chi connectivity index (χ4n) is 1.42. The van der Waals surface area contributed by atoms with Crippen molar-refractivity contribution >= 4 is 5.97 Å². The average molecular weight is 216 g/mol. The van der Waals surface area contributed by atoms with E-state index in [1.54, 1.807) is 0 Å². The molecule has 0 aliphatic carbocycles. The highest BCUT2D eigenvalue weighted by Gasteiger charge is 1.97. The summed E-state index contributed by atoms with van der Waals surface area (Å²) in [4.78, 5) is 10.3. The van der Waals surface area contributed by atoms with Crippen LogP contribution >= 0.6 is 0 Å². The normalized spacial score (nSPS) is 9.69. The molecule has 0 fully saturated rings. The van der Waals surface area contributed by atoms with Crippen molar-refractivity contribution in [1.82, 2.24) is 0 Å². The molecule has 2 nitrogen and oxygen atoms in total. The van der Waals surface area contributed by atoms with Crippen LogP contribution in [-0.4, -0.2) is 11.1 Å². The van der Waals surface area contributed by atoms with Gasteiger partial charge in [-0.3, -0.25) is 4.79 Å². The van der Waals surface area contributed by atoms with E-state index in [0.717, 1.165) is 12.0 Å². The second kappa shape index (κ2) is 5.97. The maximum atomic E-state index is 10.3. The summed E-state index contributed by atoms with van der Waals surface area (Å²) in [6, 6.07) is 7.97. The Morgan fingerprint density at radius 3 is 2.44 bits per heavy atom. The molecule has 0 spiro atoms. The van der Waals surface area contributed by atoms with Gasteiger partial charge < -0.3 is 5.11 Å². The van der Waals surface area contributed by atoms with Gasteiger partial charge in [-0.05, 0) is 30.0 Å². The second-order valence-electron chi connectivity index (χ2n) is 4.17. The zero-order chi connectivity index (χ0) is 12.0. The van der Waals surface area contributed by atoms with Crippen LogP contribution in [-0.2, 0) is 11.2 Å². The van der Waals surface area contributed by atoms with Gasteiger partial charge in [0.2, 0.25) is 0 Å². The van der Waals surface area contributed by atoms with Crippen molar-refractivity contribution in [2.24, 2.45) is 5.92 Å². The molecule has 1 aromatic carbocycles. The minimum absolute atomic E-state index is 0.103. The third kappa shape index (κ3) is 4.65. The summed E-state index contributed by atoms with van der Waals surface area (Å²) in [5.74, 6) is 5.19. The summed E-state index contributed by atoms with van der Waals surface area (Å²) >= 11 is 0. The first-order valence-corrected chi connectivity index (χ1v) is 5.37. The molecule has 0 atom stereocenters. The molecular formula is C14H16O2. The predicted octanol–water partition coefficient (Wildman–Crippen LogP) is 2.71. The van der Waals surface area contributed by atoms with E-state index in [4.69, 9.17) is 5.11 Å². The van der Waals surface area contributed by atoms with Gasteiger partial charge in [-0.2, -0.15) is 0 Å². The Hall–Kier alpha value is -1.75. The van der Waals surface area contributed by atoms with Crippen LogP contribution in [0.5, 0.6) is 0 Å². The number of carbonyl (C=O) groups is 1. The Bertz CT molecular complexity index is 405. The highest BCUT2D eigenvalue weighted by molar-refractivity contribution is 5.70. The predicted molar refractivity (Wildman–Crippen MR) is 64.1 cm³/mol. The van der Waals surface area contributed by atoms with Crippen LogP contribution in [0.2, 0.25) is 0 Å². The summed E-state index contributed by atoms with van der Waals surface area (Å²) < 4.78 is 0. The summed E-state index contributed by atoms with van der Waals surface area (Å²) in [5.41, 5.74) is 2.16. The molecule has 1 aromatic rings. The van der Waals surface area contributed by atoms with Gasteiger partial charge in [0.05, 0.1) is 0 Å². The van der Waals surface area contributed by atoms with Crippen molar-refractivity contribution in [2.45, 2.75) is 26.7 Å². The molecule has 0 saturated carbocycles. The molecule has 0 aliphatic heterocycles. The largest absolute Gasteiger partial charge is 0.481 e. The highest BCUT2D eigenvalue weighted by atomic mass is 16.4. The van der Waals surface area contributed by atoms with Crippen molar-refractivity contribution < 1.29 is 9.90 Å². The smallest absolute Gasteiger partial charge is 0.315 e. The highest BCUT2D eigenvalue weighted by Crippen LogP contribution is 2.09. The fourth-order valence-corrected chi connectivity index (χ4v) is 1.42. The number of rotatable bonds is 3. The topological polar surface area (TPSA) is 37.3 Å². The number of carboxylic acids is 1. The summed E-state index contributed by atoms with van der Waals surface area (Å²) in [6.07, 6.45) is 0.955. The zero-order valence-electron chi connectivity index (χ0n) is 9.66. The van der Waals surface area contributed by atoms with Crippen LogP contribution < -0.4 is 0 Å². The van der Waals surface area contributed by atoms with Crippen LogP contribution in [0.3, 0.4) is 0 Å². The Morgan fingerprint density at radius 1 is 1.31 bits per heavy atom. The quantitative estimate of drug-likeness (QED) is 0.789. The molecule has 0 amide bonds. The van der Waals surface area contributed by atoms with Gasteiger partial charge in [0.1, 0.15) is 6.42 Å². The SMILES string of the molecule is CC(C)Cc1ccc(C#CCC(=O)O)cc1. The summed E-state index contributed by atoms with van der Waals surface area (Å²) in [5, 5.41) is 8.43. The van der Waals surface area contributed by atoms with E-state index in [-0.39, 0.29) is 6.42 Å². The molecule has 0 aromatic heterocycles. The van der Waals surface area contributed by atoms with Crippen LogP contribution in [0.1, 0.15) is 31.4 Å². The van der Waals surface area contributed by atoms with Gasteiger partial charge >= 0.3 is 5.97 Å². The van der Waals surface area contributed by atoms with Gasteiger partial charge in [-0.25, -0.2) is 0 Å². The van der Waals surface area contributed by atoms with Crippen LogP contribution in [0, 0.1) is 17.8 Å². The van der Waals surface area contributed by atoms with Crippen molar-refractivity contribution in [3.63, 3.8) is 0 Å². The minimum Gasteiger partial charge on any atom is -0.481 e. The summed E-state index contributed by atoms with van der Waals surface area (Å²) in [6.45, 7) is 4.36. The van der Waals surface area contributed by atoms with Crippen molar-refractivity contribution in [3.8, 4) is 11.8 Å². The third-order valence-corrected chi connectivity index (χ3v) is 2.07. The Balaban J connectivity index is 2.63. The average Bonchev–Trinajstić information content (AvgIpc) is 2.19. The van der Waals surface area contributed by atoms with E-state index in [1.165, 1.54) is 5.56 Å².